The molecule has 0 radical (unpaired) electrons. The molecule has 0 aliphatic heterocycles. The maximum atomic E-state index is 12.3. The maximum absolute atomic E-state index is 12.3. The zero-order valence-electron chi connectivity index (χ0n) is 9.97. The smallest absolute Gasteiger partial charge is 0.184 e. The first-order valence-electron chi connectivity index (χ1n) is 5.28. The van der Waals surface area contributed by atoms with Crippen LogP contribution in [0.25, 0.3) is 0 Å². The average molecular weight is 346 g/mol. The molecule has 2 rings (SSSR count). The highest BCUT2D eigenvalue weighted by atomic mass is 79.9. The van der Waals surface area contributed by atoms with Gasteiger partial charge in [0.15, 0.2) is 9.84 Å². The first kappa shape index (κ1) is 13.7. The molecule has 0 saturated heterocycles. The second kappa shape index (κ2) is 5.11. The predicted molar refractivity (Wildman–Crippen MR) is 76.6 cm³/mol. The highest BCUT2D eigenvalue weighted by Gasteiger charge is 2.19. The monoisotopic (exact) mass is 345 g/mol. The number of rotatable bonds is 3. The quantitative estimate of drug-likeness (QED) is 0.855. The molecule has 3 nitrogen and oxygen atoms in total. The summed E-state index contributed by atoms with van der Waals surface area (Å²) in [5.41, 5.74) is 4.27. The number of nitrogens with zero attached hydrogens (tertiary/aromatic N) is 1. The van der Waals surface area contributed by atoms with E-state index in [4.69, 9.17) is 0 Å². The van der Waals surface area contributed by atoms with Gasteiger partial charge in [0.2, 0.25) is 0 Å². The fourth-order valence-corrected chi connectivity index (χ4v) is 4.20. The summed E-state index contributed by atoms with van der Waals surface area (Å²) in [6.45, 7) is 3.87. The van der Waals surface area contributed by atoms with Crippen LogP contribution in [0.15, 0.2) is 32.4 Å². The Morgan fingerprint density at radius 3 is 2.56 bits per heavy atom. The van der Waals surface area contributed by atoms with Crippen LogP contribution in [0.2, 0.25) is 0 Å². The van der Waals surface area contributed by atoms with Crippen LogP contribution in [0, 0.1) is 13.8 Å². The van der Waals surface area contributed by atoms with Crippen LogP contribution in [-0.2, 0) is 15.6 Å². The average Bonchev–Trinajstić information content (AvgIpc) is 2.67. The first-order valence-corrected chi connectivity index (χ1v) is 8.60. The van der Waals surface area contributed by atoms with Crippen LogP contribution in [0.4, 0.5) is 0 Å². The Hall–Kier alpha value is -0.720. The molecule has 0 amide bonds. The summed E-state index contributed by atoms with van der Waals surface area (Å²) in [6.07, 6.45) is 0. The van der Waals surface area contributed by atoms with E-state index in [1.54, 1.807) is 17.6 Å². The first-order chi connectivity index (χ1) is 8.40. The van der Waals surface area contributed by atoms with Gasteiger partial charge in [-0.2, -0.15) is 0 Å². The lowest BCUT2D eigenvalue weighted by Gasteiger charge is -2.06. The number of sulfone groups is 1. The fourth-order valence-electron chi connectivity index (χ4n) is 1.52. The van der Waals surface area contributed by atoms with Crippen LogP contribution < -0.4 is 0 Å². The highest BCUT2D eigenvalue weighted by Crippen LogP contribution is 2.25. The van der Waals surface area contributed by atoms with Gasteiger partial charge in [0.1, 0.15) is 0 Å². The van der Waals surface area contributed by atoms with E-state index >= 15 is 0 Å². The molecule has 96 valence electrons. The molecule has 18 heavy (non-hydrogen) atoms. The lowest BCUT2D eigenvalue weighted by molar-refractivity contribution is 0.594. The molecule has 0 aliphatic rings. The summed E-state index contributed by atoms with van der Waals surface area (Å²) in [4.78, 5) is 4.41. The molecule has 1 heterocycles. The number of thiazole rings is 1. The summed E-state index contributed by atoms with van der Waals surface area (Å²) < 4.78 is 25.3. The fraction of sp³-hybridized carbons (Fsp3) is 0.250. The number of benzene rings is 1. The Kier molecular flexibility index (Phi) is 3.89. The molecular weight excluding hydrogens is 334 g/mol. The van der Waals surface area contributed by atoms with E-state index in [2.05, 4.69) is 20.9 Å². The standard InChI is InChI=1S/C12H12BrNO2S2/c1-8-3-4-10(5-9(8)2)18(15,16)6-11-12(13)17-7-14-11/h3-5,7H,6H2,1-2H3. The van der Waals surface area contributed by atoms with E-state index in [1.165, 1.54) is 11.3 Å². The molecule has 2 aromatic rings. The summed E-state index contributed by atoms with van der Waals surface area (Å²) in [5.74, 6) is -0.0699. The summed E-state index contributed by atoms with van der Waals surface area (Å²) in [7, 11) is -3.33. The van der Waals surface area contributed by atoms with Gasteiger partial charge in [-0.15, -0.1) is 11.3 Å². The van der Waals surface area contributed by atoms with E-state index in [0.29, 0.717) is 10.6 Å². The van der Waals surface area contributed by atoms with Crippen molar-refractivity contribution in [2.24, 2.45) is 0 Å². The molecule has 0 spiro atoms. The van der Waals surface area contributed by atoms with Crippen LogP contribution in [-0.4, -0.2) is 13.4 Å². The lowest BCUT2D eigenvalue weighted by atomic mass is 10.1. The SMILES string of the molecule is Cc1ccc(S(=O)(=O)Cc2ncsc2Br)cc1C. The third-order valence-corrected chi connectivity index (χ3v) is 6.05. The Morgan fingerprint density at radius 2 is 2.00 bits per heavy atom. The maximum Gasteiger partial charge on any atom is 0.184 e. The molecule has 0 N–H and O–H groups in total. The van der Waals surface area contributed by atoms with Crippen molar-refractivity contribution in [3.63, 3.8) is 0 Å². The van der Waals surface area contributed by atoms with Gasteiger partial charge in [-0.3, -0.25) is 0 Å². The van der Waals surface area contributed by atoms with Crippen molar-refractivity contribution in [2.75, 3.05) is 0 Å². The molecule has 1 aromatic heterocycles. The number of aromatic nitrogens is 1. The van der Waals surface area contributed by atoms with E-state index in [9.17, 15) is 8.42 Å². The van der Waals surface area contributed by atoms with Gasteiger partial charge in [0, 0.05) is 0 Å². The second-order valence-corrected chi connectivity index (χ2v) is 8.24. The van der Waals surface area contributed by atoms with Crippen LogP contribution in [0.1, 0.15) is 16.8 Å². The van der Waals surface area contributed by atoms with Gasteiger partial charge in [-0.25, -0.2) is 13.4 Å². The minimum absolute atomic E-state index is 0.0699. The third-order valence-electron chi connectivity index (χ3n) is 2.76. The topological polar surface area (TPSA) is 47.0 Å². The van der Waals surface area contributed by atoms with Gasteiger partial charge < -0.3 is 0 Å². The zero-order chi connectivity index (χ0) is 13.3. The van der Waals surface area contributed by atoms with Gasteiger partial charge in [0.05, 0.1) is 25.6 Å². The van der Waals surface area contributed by atoms with E-state index < -0.39 is 9.84 Å². The minimum Gasteiger partial charge on any atom is -0.247 e. The Bertz CT molecular complexity index is 677. The van der Waals surface area contributed by atoms with E-state index in [1.807, 2.05) is 19.9 Å². The Morgan fingerprint density at radius 1 is 1.28 bits per heavy atom. The van der Waals surface area contributed by atoms with Crippen molar-refractivity contribution < 1.29 is 8.42 Å². The van der Waals surface area contributed by atoms with Crippen LogP contribution in [0.5, 0.6) is 0 Å². The van der Waals surface area contributed by atoms with E-state index in [0.717, 1.165) is 14.9 Å². The van der Waals surface area contributed by atoms with Crippen LogP contribution in [0.3, 0.4) is 0 Å². The van der Waals surface area contributed by atoms with Gasteiger partial charge in [-0.1, -0.05) is 6.07 Å². The number of hydrogen-bond acceptors (Lipinski definition) is 4. The van der Waals surface area contributed by atoms with Crippen molar-refractivity contribution in [1.29, 1.82) is 0 Å². The summed E-state index contributed by atoms with van der Waals surface area (Å²) in [5, 5.41) is 0. The lowest BCUT2D eigenvalue weighted by Crippen LogP contribution is -2.06. The molecule has 0 bridgehead atoms. The number of hydrogen-bond donors (Lipinski definition) is 0. The van der Waals surface area contributed by atoms with Gasteiger partial charge in [-0.05, 0) is 53.0 Å². The third kappa shape index (κ3) is 2.81. The molecule has 6 heteroatoms. The van der Waals surface area contributed by atoms with Crippen molar-refractivity contribution in [1.82, 2.24) is 4.98 Å². The van der Waals surface area contributed by atoms with Crippen molar-refractivity contribution in [2.45, 2.75) is 24.5 Å². The van der Waals surface area contributed by atoms with Crippen molar-refractivity contribution >= 4 is 37.1 Å². The number of halogens is 1. The van der Waals surface area contributed by atoms with Crippen LogP contribution >= 0.6 is 27.3 Å². The normalized spacial score (nSPS) is 11.7. The molecule has 0 unspecified atom stereocenters. The zero-order valence-corrected chi connectivity index (χ0v) is 13.2. The largest absolute Gasteiger partial charge is 0.247 e. The highest BCUT2D eigenvalue weighted by molar-refractivity contribution is 9.11. The molecule has 0 fully saturated rings. The molecule has 0 atom stereocenters. The Labute approximate surface area is 119 Å². The number of aryl methyl sites for hydroxylation is 2. The summed E-state index contributed by atoms with van der Waals surface area (Å²) in [6, 6.07) is 5.20. The second-order valence-electron chi connectivity index (χ2n) is 4.08. The van der Waals surface area contributed by atoms with Crippen molar-refractivity contribution in [3.05, 3.63) is 44.3 Å². The molecule has 0 saturated carbocycles. The molecule has 1 aromatic carbocycles. The summed E-state index contributed by atoms with van der Waals surface area (Å²) >= 11 is 4.70. The van der Waals surface area contributed by atoms with Crippen molar-refractivity contribution in [3.8, 4) is 0 Å². The Balaban J connectivity index is 2.37. The predicted octanol–water partition coefficient (Wildman–Crippen LogP) is 3.50. The van der Waals surface area contributed by atoms with Gasteiger partial charge >= 0.3 is 0 Å². The van der Waals surface area contributed by atoms with Gasteiger partial charge in [0.25, 0.3) is 0 Å². The van der Waals surface area contributed by atoms with E-state index in [-0.39, 0.29) is 5.75 Å². The molecule has 0 aliphatic carbocycles. The minimum atomic E-state index is -3.33. The molecular formula is C12H12BrNO2S2.